The summed E-state index contributed by atoms with van der Waals surface area (Å²) in [7, 11) is -3.07. The number of amides is 1. The van der Waals surface area contributed by atoms with E-state index in [-0.39, 0.29) is 11.7 Å². The zero-order valence-corrected chi connectivity index (χ0v) is 13.7. The Kier molecular flexibility index (Phi) is 4.80. The average molecular weight is 368 g/mol. The minimum atomic E-state index is -3.07. The first-order chi connectivity index (χ1) is 9.83. The van der Waals surface area contributed by atoms with Gasteiger partial charge in [-0.15, -0.1) is 0 Å². The van der Waals surface area contributed by atoms with Gasteiger partial charge in [0.2, 0.25) is 0 Å². The SMILES string of the molecule is CS(=O)(=O)Cc1ccc(C(=O)Nc2cccc(Br)c2)cc1. The Hall–Kier alpha value is -1.66. The normalized spacial score (nSPS) is 11.1. The molecular formula is C15H14BrNO3S. The van der Waals surface area contributed by atoms with Gasteiger partial charge in [-0.05, 0) is 35.9 Å². The van der Waals surface area contributed by atoms with Gasteiger partial charge >= 0.3 is 0 Å². The highest BCUT2D eigenvalue weighted by molar-refractivity contribution is 9.10. The van der Waals surface area contributed by atoms with Gasteiger partial charge in [-0.2, -0.15) is 0 Å². The summed E-state index contributed by atoms with van der Waals surface area (Å²) in [6.07, 6.45) is 1.18. The summed E-state index contributed by atoms with van der Waals surface area (Å²) in [6, 6.07) is 13.8. The van der Waals surface area contributed by atoms with E-state index < -0.39 is 9.84 Å². The maximum atomic E-state index is 12.1. The molecule has 0 spiro atoms. The molecule has 0 aromatic heterocycles. The van der Waals surface area contributed by atoms with E-state index in [1.54, 1.807) is 36.4 Å². The smallest absolute Gasteiger partial charge is 0.255 e. The Bertz CT molecular complexity index is 755. The van der Waals surface area contributed by atoms with E-state index in [1.165, 1.54) is 6.26 Å². The Morgan fingerprint density at radius 1 is 1.14 bits per heavy atom. The molecule has 0 radical (unpaired) electrons. The molecule has 0 unspecified atom stereocenters. The minimum absolute atomic E-state index is 0.0273. The number of carbonyl (C=O) groups is 1. The molecular weight excluding hydrogens is 354 g/mol. The van der Waals surface area contributed by atoms with Crippen LogP contribution in [0.2, 0.25) is 0 Å². The van der Waals surface area contributed by atoms with Crippen molar-refractivity contribution < 1.29 is 13.2 Å². The van der Waals surface area contributed by atoms with Crippen LogP contribution in [0.1, 0.15) is 15.9 Å². The molecule has 6 heteroatoms. The Balaban J connectivity index is 2.10. The number of sulfone groups is 1. The van der Waals surface area contributed by atoms with Crippen molar-refractivity contribution in [1.29, 1.82) is 0 Å². The van der Waals surface area contributed by atoms with E-state index in [4.69, 9.17) is 0 Å². The predicted molar refractivity (Wildman–Crippen MR) is 87.1 cm³/mol. The molecule has 0 aliphatic carbocycles. The molecule has 0 saturated carbocycles. The molecule has 0 bridgehead atoms. The van der Waals surface area contributed by atoms with Crippen LogP contribution in [0.25, 0.3) is 0 Å². The van der Waals surface area contributed by atoms with Crippen LogP contribution < -0.4 is 5.32 Å². The van der Waals surface area contributed by atoms with Crippen LogP contribution in [0.5, 0.6) is 0 Å². The average Bonchev–Trinajstić information content (AvgIpc) is 2.37. The highest BCUT2D eigenvalue weighted by Gasteiger charge is 2.08. The molecule has 2 rings (SSSR count). The van der Waals surface area contributed by atoms with Gasteiger partial charge in [-0.3, -0.25) is 4.79 Å². The molecule has 1 amide bonds. The van der Waals surface area contributed by atoms with Crippen LogP contribution in [0.4, 0.5) is 5.69 Å². The van der Waals surface area contributed by atoms with Crippen molar-refractivity contribution in [3.63, 3.8) is 0 Å². The lowest BCUT2D eigenvalue weighted by Crippen LogP contribution is -2.12. The Labute approximate surface area is 132 Å². The fraction of sp³-hybridized carbons (Fsp3) is 0.133. The number of hydrogen-bond acceptors (Lipinski definition) is 3. The molecule has 4 nitrogen and oxygen atoms in total. The first-order valence-corrected chi connectivity index (χ1v) is 9.02. The largest absolute Gasteiger partial charge is 0.322 e. The van der Waals surface area contributed by atoms with Crippen molar-refractivity contribution in [3.8, 4) is 0 Å². The first-order valence-electron chi connectivity index (χ1n) is 6.17. The third-order valence-electron chi connectivity index (χ3n) is 2.73. The second-order valence-electron chi connectivity index (χ2n) is 4.73. The second kappa shape index (κ2) is 6.41. The topological polar surface area (TPSA) is 63.2 Å². The quantitative estimate of drug-likeness (QED) is 0.901. The summed E-state index contributed by atoms with van der Waals surface area (Å²) in [5.74, 6) is -0.264. The van der Waals surface area contributed by atoms with E-state index in [0.29, 0.717) is 16.8 Å². The standard InChI is InChI=1S/C15H14BrNO3S/c1-21(19,20)10-11-5-7-12(8-6-11)15(18)17-14-4-2-3-13(16)9-14/h2-9H,10H2,1H3,(H,17,18). The van der Waals surface area contributed by atoms with Crippen LogP contribution in [-0.4, -0.2) is 20.6 Å². The maximum absolute atomic E-state index is 12.1. The van der Waals surface area contributed by atoms with Gasteiger partial charge in [0, 0.05) is 22.0 Å². The molecule has 0 aliphatic heterocycles. The van der Waals surface area contributed by atoms with E-state index in [2.05, 4.69) is 21.2 Å². The molecule has 0 aliphatic rings. The predicted octanol–water partition coefficient (Wildman–Crippen LogP) is 3.25. The van der Waals surface area contributed by atoms with E-state index in [1.807, 2.05) is 12.1 Å². The lowest BCUT2D eigenvalue weighted by atomic mass is 10.1. The van der Waals surface area contributed by atoms with Crippen LogP contribution in [0.3, 0.4) is 0 Å². The molecule has 1 N–H and O–H groups in total. The molecule has 0 atom stereocenters. The van der Waals surface area contributed by atoms with Crippen LogP contribution in [0.15, 0.2) is 53.0 Å². The van der Waals surface area contributed by atoms with Crippen molar-refractivity contribution in [2.24, 2.45) is 0 Å². The third-order valence-corrected chi connectivity index (χ3v) is 4.08. The molecule has 21 heavy (non-hydrogen) atoms. The van der Waals surface area contributed by atoms with Gasteiger partial charge in [-0.25, -0.2) is 8.42 Å². The monoisotopic (exact) mass is 367 g/mol. The van der Waals surface area contributed by atoms with Gasteiger partial charge in [0.1, 0.15) is 0 Å². The zero-order valence-electron chi connectivity index (χ0n) is 11.3. The number of nitrogens with one attached hydrogen (secondary N) is 1. The number of rotatable bonds is 4. The van der Waals surface area contributed by atoms with E-state index in [0.717, 1.165) is 4.47 Å². The number of benzene rings is 2. The number of carbonyl (C=O) groups excluding carboxylic acids is 1. The number of halogens is 1. The fourth-order valence-electron chi connectivity index (χ4n) is 1.82. The highest BCUT2D eigenvalue weighted by Crippen LogP contribution is 2.17. The van der Waals surface area contributed by atoms with Gasteiger partial charge < -0.3 is 5.32 Å². The molecule has 0 heterocycles. The van der Waals surface area contributed by atoms with Gasteiger partial charge in [-0.1, -0.05) is 34.1 Å². The van der Waals surface area contributed by atoms with Crippen LogP contribution in [0, 0.1) is 0 Å². The molecule has 2 aromatic rings. The third kappa shape index (κ3) is 4.99. The van der Waals surface area contributed by atoms with E-state index in [9.17, 15) is 13.2 Å². The van der Waals surface area contributed by atoms with Crippen LogP contribution in [-0.2, 0) is 15.6 Å². The Morgan fingerprint density at radius 3 is 2.38 bits per heavy atom. The summed E-state index contributed by atoms with van der Waals surface area (Å²) < 4.78 is 23.3. The molecule has 0 fully saturated rings. The second-order valence-corrected chi connectivity index (χ2v) is 7.79. The minimum Gasteiger partial charge on any atom is -0.322 e. The van der Waals surface area contributed by atoms with Gasteiger partial charge in [0.05, 0.1) is 5.75 Å². The first kappa shape index (κ1) is 15.7. The van der Waals surface area contributed by atoms with Gasteiger partial charge in [0.25, 0.3) is 5.91 Å². The lowest BCUT2D eigenvalue weighted by molar-refractivity contribution is 0.102. The molecule has 110 valence electrons. The zero-order chi connectivity index (χ0) is 15.5. The van der Waals surface area contributed by atoms with Crippen molar-refractivity contribution in [3.05, 3.63) is 64.1 Å². The maximum Gasteiger partial charge on any atom is 0.255 e. The lowest BCUT2D eigenvalue weighted by Gasteiger charge is -2.06. The van der Waals surface area contributed by atoms with Crippen molar-refractivity contribution in [2.75, 3.05) is 11.6 Å². The molecule has 2 aromatic carbocycles. The summed E-state index contributed by atoms with van der Waals surface area (Å²) in [4.78, 5) is 12.1. The summed E-state index contributed by atoms with van der Waals surface area (Å²) >= 11 is 3.34. The summed E-state index contributed by atoms with van der Waals surface area (Å²) in [6.45, 7) is 0. The summed E-state index contributed by atoms with van der Waals surface area (Å²) in [5.41, 5.74) is 1.83. The van der Waals surface area contributed by atoms with Crippen LogP contribution >= 0.6 is 15.9 Å². The van der Waals surface area contributed by atoms with Crippen molar-refractivity contribution in [1.82, 2.24) is 0 Å². The van der Waals surface area contributed by atoms with Crippen molar-refractivity contribution >= 4 is 37.4 Å². The van der Waals surface area contributed by atoms with Gasteiger partial charge in [0.15, 0.2) is 9.84 Å². The molecule has 0 saturated heterocycles. The number of hydrogen-bond donors (Lipinski definition) is 1. The van der Waals surface area contributed by atoms with Crippen molar-refractivity contribution in [2.45, 2.75) is 5.75 Å². The van der Waals surface area contributed by atoms with E-state index >= 15 is 0 Å². The number of anilines is 1. The fourth-order valence-corrected chi connectivity index (χ4v) is 3.02. The Morgan fingerprint density at radius 2 is 1.81 bits per heavy atom. The summed E-state index contributed by atoms with van der Waals surface area (Å²) in [5, 5.41) is 2.78. The highest BCUT2D eigenvalue weighted by atomic mass is 79.9.